The number of carbonyl (C=O) groups is 3. The molecular weight excluding hydrogens is 250 g/mol. The number of piperazine rings is 1. The van der Waals surface area contributed by atoms with Crippen molar-refractivity contribution in [3.63, 3.8) is 0 Å². The maximum absolute atomic E-state index is 12.1. The predicted octanol–water partition coefficient (Wildman–Crippen LogP) is 0.0156. The van der Waals surface area contributed by atoms with Gasteiger partial charge in [-0.25, -0.2) is 4.79 Å². The Balaban J connectivity index is 2.65. The van der Waals surface area contributed by atoms with Crippen LogP contribution in [0.5, 0.6) is 0 Å². The van der Waals surface area contributed by atoms with E-state index in [4.69, 9.17) is 5.11 Å². The first-order valence-electron chi connectivity index (χ1n) is 6.39. The van der Waals surface area contributed by atoms with Crippen molar-refractivity contribution in [1.29, 1.82) is 0 Å². The number of amides is 3. The highest BCUT2D eigenvalue weighted by Crippen LogP contribution is 2.09. The smallest absolute Gasteiger partial charge is 0.318 e. The number of urea groups is 1. The number of nitrogens with zero attached hydrogens (tertiary/aromatic N) is 1. The number of carboxylic acids is 1. The lowest BCUT2D eigenvalue weighted by Crippen LogP contribution is -2.59. The summed E-state index contributed by atoms with van der Waals surface area (Å²) in [5.41, 5.74) is 0. The molecule has 2 unspecified atom stereocenters. The molecule has 0 spiro atoms. The number of hydrogen-bond acceptors (Lipinski definition) is 3. The number of carboxylic acid groups (broad SMARTS) is 1. The van der Waals surface area contributed by atoms with Crippen LogP contribution in [0.15, 0.2) is 0 Å². The van der Waals surface area contributed by atoms with Crippen LogP contribution in [0.2, 0.25) is 0 Å². The fourth-order valence-electron chi connectivity index (χ4n) is 1.94. The lowest BCUT2D eigenvalue weighted by atomic mass is 10.0. The second-order valence-electron chi connectivity index (χ2n) is 5.06. The van der Waals surface area contributed by atoms with Crippen LogP contribution >= 0.6 is 0 Å². The molecule has 108 valence electrons. The summed E-state index contributed by atoms with van der Waals surface area (Å²) >= 11 is 0. The second-order valence-corrected chi connectivity index (χ2v) is 5.06. The molecular formula is C12H21N3O4. The maximum Gasteiger partial charge on any atom is 0.318 e. The van der Waals surface area contributed by atoms with Crippen molar-refractivity contribution in [3.8, 4) is 0 Å². The van der Waals surface area contributed by atoms with E-state index in [0.717, 1.165) is 0 Å². The minimum absolute atomic E-state index is 0.00831. The van der Waals surface area contributed by atoms with Gasteiger partial charge in [-0.2, -0.15) is 0 Å². The molecule has 0 radical (unpaired) electrons. The lowest BCUT2D eigenvalue weighted by molar-refractivity contribution is -0.137. The number of nitrogens with one attached hydrogen (secondary N) is 2. The molecule has 0 saturated carbocycles. The molecule has 7 nitrogen and oxygen atoms in total. The van der Waals surface area contributed by atoms with Gasteiger partial charge in [0.2, 0.25) is 5.91 Å². The number of carbonyl (C=O) groups excluding carboxylic acids is 2. The average molecular weight is 271 g/mol. The monoisotopic (exact) mass is 271 g/mol. The molecule has 7 heteroatoms. The summed E-state index contributed by atoms with van der Waals surface area (Å²) in [6.45, 7) is 6.19. The molecule has 0 aromatic carbocycles. The van der Waals surface area contributed by atoms with Crippen molar-refractivity contribution in [2.45, 2.75) is 39.3 Å². The van der Waals surface area contributed by atoms with Crippen LogP contribution in [0.4, 0.5) is 4.79 Å². The quantitative estimate of drug-likeness (QED) is 0.671. The third-order valence-corrected chi connectivity index (χ3v) is 3.27. The van der Waals surface area contributed by atoms with Gasteiger partial charge in [0.05, 0.1) is 6.42 Å². The van der Waals surface area contributed by atoms with Gasteiger partial charge in [0, 0.05) is 19.1 Å². The van der Waals surface area contributed by atoms with Crippen LogP contribution in [0, 0.1) is 5.92 Å². The van der Waals surface area contributed by atoms with Gasteiger partial charge in [-0.3, -0.25) is 9.59 Å². The molecule has 0 aromatic heterocycles. The van der Waals surface area contributed by atoms with Crippen LogP contribution < -0.4 is 10.6 Å². The van der Waals surface area contributed by atoms with Crippen molar-refractivity contribution in [2.24, 2.45) is 5.92 Å². The Hall–Kier alpha value is -1.79. The average Bonchev–Trinajstić information content (AvgIpc) is 2.31. The molecule has 2 atom stereocenters. The second kappa shape index (κ2) is 6.40. The van der Waals surface area contributed by atoms with E-state index in [1.165, 1.54) is 4.90 Å². The highest BCUT2D eigenvalue weighted by atomic mass is 16.4. The topological polar surface area (TPSA) is 98.7 Å². The molecule has 1 fully saturated rings. The zero-order valence-corrected chi connectivity index (χ0v) is 11.5. The van der Waals surface area contributed by atoms with E-state index in [0.29, 0.717) is 13.1 Å². The maximum atomic E-state index is 12.1. The lowest BCUT2D eigenvalue weighted by Gasteiger charge is -2.34. The van der Waals surface area contributed by atoms with E-state index >= 15 is 0 Å². The fraction of sp³-hybridized carbons (Fsp3) is 0.750. The molecule has 0 aromatic rings. The van der Waals surface area contributed by atoms with Crippen LogP contribution in [-0.4, -0.2) is 53.1 Å². The van der Waals surface area contributed by atoms with Crippen molar-refractivity contribution in [3.05, 3.63) is 0 Å². The number of hydrogen-bond donors (Lipinski definition) is 3. The predicted molar refractivity (Wildman–Crippen MR) is 68.6 cm³/mol. The number of aliphatic carboxylic acids is 1. The summed E-state index contributed by atoms with van der Waals surface area (Å²) in [6.07, 6.45) is -0.127. The van der Waals surface area contributed by atoms with E-state index in [9.17, 15) is 14.4 Å². The van der Waals surface area contributed by atoms with Crippen molar-refractivity contribution < 1.29 is 19.5 Å². The first kappa shape index (κ1) is 15.3. The Morgan fingerprint density at radius 2 is 2.16 bits per heavy atom. The zero-order valence-electron chi connectivity index (χ0n) is 11.5. The van der Waals surface area contributed by atoms with E-state index in [2.05, 4.69) is 10.6 Å². The molecule has 1 heterocycles. The third-order valence-electron chi connectivity index (χ3n) is 3.27. The SMILES string of the molecule is CC(C)C(CC(=O)O)NC(=O)N1CCNC(=O)C1C. The first-order chi connectivity index (χ1) is 8.82. The van der Waals surface area contributed by atoms with Gasteiger partial charge in [0.25, 0.3) is 0 Å². The van der Waals surface area contributed by atoms with E-state index < -0.39 is 18.1 Å². The summed E-state index contributed by atoms with van der Waals surface area (Å²) in [6, 6.07) is -1.36. The minimum atomic E-state index is -0.955. The standard InChI is InChI=1S/C12H21N3O4/c1-7(2)9(6-10(16)17)14-12(19)15-5-4-13-11(18)8(15)3/h7-9H,4-6H2,1-3H3,(H,13,18)(H,14,19)(H,16,17). The Kier molecular flexibility index (Phi) is 5.14. The number of rotatable bonds is 4. The molecule has 19 heavy (non-hydrogen) atoms. The largest absolute Gasteiger partial charge is 0.481 e. The van der Waals surface area contributed by atoms with Gasteiger partial charge >= 0.3 is 12.0 Å². The Bertz CT molecular complexity index is 370. The summed E-state index contributed by atoms with van der Waals surface area (Å²) < 4.78 is 0. The third kappa shape index (κ3) is 4.11. The summed E-state index contributed by atoms with van der Waals surface area (Å²) in [5, 5.41) is 14.2. The van der Waals surface area contributed by atoms with Crippen LogP contribution in [-0.2, 0) is 9.59 Å². The summed E-state index contributed by atoms with van der Waals surface area (Å²) in [4.78, 5) is 35.8. The summed E-state index contributed by atoms with van der Waals surface area (Å²) in [5.74, 6) is -1.14. The molecule has 3 amide bonds. The Labute approximate surface area is 112 Å². The first-order valence-corrected chi connectivity index (χ1v) is 6.39. The minimum Gasteiger partial charge on any atom is -0.481 e. The molecule has 1 rings (SSSR count). The molecule has 0 aliphatic carbocycles. The van der Waals surface area contributed by atoms with E-state index in [1.807, 2.05) is 13.8 Å². The Morgan fingerprint density at radius 3 is 2.68 bits per heavy atom. The highest BCUT2D eigenvalue weighted by molar-refractivity contribution is 5.88. The Morgan fingerprint density at radius 1 is 1.53 bits per heavy atom. The molecule has 3 N–H and O–H groups in total. The van der Waals surface area contributed by atoms with Crippen LogP contribution in [0.1, 0.15) is 27.2 Å². The van der Waals surface area contributed by atoms with Crippen molar-refractivity contribution in [1.82, 2.24) is 15.5 Å². The molecule has 1 aliphatic rings. The molecule has 1 saturated heterocycles. The normalized spacial score (nSPS) is 20.9. The van der Waals surface area contributed by atoms with Gasteiger partial charge < -0.3 is 20.6 Å². The zero-order chi connectivity index (χ0) is 14.6. The van der Waals surface area contributed by atoms with Gasteiger partial charge in [0.1, 0.15) is 6.04 Å². The van der Waals surface area contributed by atoms with Crippen molar-refractivity contribution >= 4 is 17.9 Å². The van der Waals surface area contributed by atoms with E-state index in [-0.39, 0.29) is 24.3 Å². The highest BCUT2D eigenvalue weighted by Gasteiger charge is 2.31. The van der Waals surface area contributed by atoms with Crippen LogP contribution in [0.3, 0.4) is 0 Å². The fourth-order valence-corrected chi connectivity index (χ4v) is 1.94. The van der Waals surface area contributed by atoms with Crippen molar-refractivity contribution in [2.75, 3.05) is 13.1 Å². The van der Waals surface area contributed by atoms with Gasteiger partial charge in [-0.15, -0.1) is 0 Å². The van der Waals surface area contributed by atoms with Gasteiger partial charge in [0.15, 0.2) is 0 Å². The molecule has 1 aliphatic heterocycles. The van der Waals surface area contributed by atoms with E-state index in [1.54, 1.807) is 6.92 Å². The molecule has 0 bridgehead atoms. The van der Waals surface area contributed by atoms with Gasteiger partial charge in [-0.1, -0.05) is 13.8 Å². The van der Waals surface area contributed by atoms with Crippen LogP contribution in [0.25, 0.3) is 0 Å². The van der Waals surface area contributed by atoms with Gasteiger partial charge in [-0.05, 0) is 12.8 Å². The summed E-state index contributed by atoms with van der Waals surface area (Å²) in [7, 11) is 0.